The van der Waals surface area contributed by atoms with E-state index in [9.17, 15) is 9.59 Å². The van der Waals surface area contributed by atoms with Crippen molar-refractivity contribution >= 4 is 11.8 Å². The summed E-state index contributed by atoms with van der Waals surface area (Å²) in [6.07, 6.45) is 1.04. The third kappa shape index (κ3) is 3.49. The number of nitrogens with zero attached hydrogens (tertiary/aromatic N) is 2. The fraction of sp³-hybridized carbons (Fsp3) is 0.556. The van der Waals surface area contributed by atoms with Gasteiger partial charge in [0.25, 0.3) is 0 Å². The molecule has 1 aliphatic heterocycles. The average molecular weight is 318 g/mol. The van der Waals surface area contributed by atoms with E-state index < -0.39 is 0 Å². The largest absolute Gasteiger partial charge is 0.497 e. The molecule has 126 valence electrons. The molecule has 5 heteroatoms. The Kier molecular flexibility index (Phi) is 5.64. The molecule has 1 aromatic rings. The van der Waals surface area contributed by atoms with Gasteiger partial charge in [0.2, 0.25) is 11.8 Å². The molecule has 0 bridgehead atoms. The Labute approximate surface area is 138 Å². The topological polar surface area (TPSA) is 49.9 Å². The number of likely N-dealkylation sites (tertiary alicyclic amines) is 1. The number of piperidine rings is 1. The summed E-state index contributed by atoms with van der Waals surface area (Å²) < 4.78 is 5.20. The summed E-state index contributed by atoms with van der Waals surface area (Å²) in [4.78, 5) is 28.6. The van der Waals surface area contributed by atoms with Crippen molar-refractivity contribution in [2.75, 3.05) is 27.2 Å². The lowest BCUT2D eigenvalue weighted by Gasteiger charge is -2.40. The maximum atomic E-state index is 12.9. The van der Waals surface area contributed by atoms with Gasteiger partial charge in [-0.15, -0.1) is 0 Å². The Bertz CT molecular complexity index is 552. The van der Waals surface area contributed by atoms with E-state index in [1.807, 2.05) is 43.0 Å². The molecule has 0 aliphatic carbocycles. The zero-order valence-corrected chi connectivity index (χ0v) is 14.4. The van der Waals surface area contributed by atoms with Crippen LogP contribution in [0.2, 0.25) is 0 Å². The number of carbonyl (C=O) groups is 2. The van der Waals surface area contributed by atoms with E-state index in [1.165, 1.54) is 0 Å². The van der Waals surface area contributed by atoms with Crippen molar-refractivity contribution in [1.82, 2.24) is 9.80 Å². The molecule has 23 heavy (non-hydrogen) atoms. The van der Waals surface area contributed by atoms with Crippen molar-refractivity contribution in [1.29, 1.82) is 0 Å². The molecule has 2 rings (SSSR count). The summed E-state index contributed by atoms with van der Waals surface area (Å²) in [7, 11) is 3.41. The van der Waals surface area contributed by atoms with Crippen LogP contribution in [0.1, 0.15) is 38.3 Å². The number of hydrogen-bond acceptors (Lipinski definition) is 3. The summed E-state index contributed by atoms with van der Waals surface area (Å²) in [5.74, 6) is 0.806. The molecule has 0 unspecified atom stereocenters. The summed E-state index contributed by atoms with van der Waals surface area (Å²) >= 11 is 0. The minimum atomic E-state index is -0.213. The number of ether oxygens (including phenoxy) is 1. The van der Waals surface area contributed by atoms with Gasteiger partial charge in [0.15, 0.2) is 0 Å². The Morgan fingerprint density at radius 1 is 1.26 bits per heavy atom. The minimum Gasteiger partial charge on any atom is -0.497 e. The first-order valence-corrected chi connectivity index (χ1v) is 8.21. The SMILES string of the molecule is CCN(CC)C(=O)[C@@H]1CCC(=O)N(C)[C@H]1c1ccc(OC)cc1. The highest BCUT2D eigenvalue weighted by Crippen LogP contribution is 2.37. The maximum Gasteiger partial charge on any atom is 0.228 e. The van der Waals surface area contributed by atoms with E-state index in [0.29, 0.717) is 25.9 Å². The van der Waals surface area contributed by atoms with E-state index in [-0.39, 0.29) is 23.8 Å². The smallest absolute Gasteiger partial charge is 0.228 e. The molecule has 0 radical (unpaired) electrons. The average Bonchev–Trinajstić information content (AvgIpc) is 2.58. The lowest BCUT2D eigenvalue weighted by Crippen LogP contribution is -2.47. The second-order valence-corrected chi connectivity index (χ2v) is 5.88. The summed E-state index contributed by atoms with van der Waals surface area (Å²) in [6.45, 7) is 5.36. The predicted octanol–water partition coefficient (Wildman–Crippen LogP) is 2.47. The Morgan fingerprint density at radius 2 is 1.87 bits per heavy atom. The van der Waals surface area contributed by atoms with E-state index in [2.05, 4.69) is 0 Å². The molecule has 0 saturated carbocycles. The van der Waals surface area contributed by atoms with Gasteiger partial charge in [0.1, 0.15) is 5.75 Å². The number of rotatable bonds is 5. The summed E-state index contributed by atoms with van der Waals surface area (Å²) in [6, 6.07) is 7.43. The van der Waals surface area contributed by atoms with E-state index in [1.54, 1.807) is 19.1 Å². The molecule has 0 aromatic heterocycles. The summed E-state index contributed by atoms with van der Waals surface area (Å²) in [5.41, 5.74) is 0.979. The van der Waals surface area contributed by atoms with Crippen LogP contribution in [0.15, 0.2) is 24.3 Å². The Morgan fingerprint density at radius 3 is 2.39 bits per heavy atom. The monoisotopic (exact) mass is 318 g/mol. The zero-order valence-electron chi connectivity index (χ0n) is 14.4. The first kappa shape index (κ1) is 17.3. The number of benzene rings is 1. The molecule has 1 aliphatic rings. The molecule has 1 fully saturated rings. The van der Waals surface area contributed by atoms with E-state index in [0.717, 1.165) is 11.3 Å². The molecule has 0 spiro atoms. The second kappa shape index (κ2) is 7.49. The number of hydrogen-bond donors (Lipinski definition) is 0. The number of carbonyl (C=O) groups excluding carboxylic acids is 2. The van der Waals surface area contributed by atoms with Gasteiger partial charge in [-0.05, 0) is 38.0 Å². The fourth-order valence-electron chi connectivity index (χ4n) is 3.32. The van der Waals surface area contributed by atoms with Crippen LogP contribution >= 0.6 is 0 Å². The van der Waals surface area contributed by atoms with Crippen molar-refractivity contribution < 1.29 is 14.3 Å². The van der Waals surface area contributed by atoms with Gasteiger partial charge in [-0.25, -0.2) is 0 Å². The molecule has 1 heterocycles. The van der Waals surface area contributed by atoms with Gasteiger partial charge in [-0.3, -0.25) is 9.59 Å². The van der Waals surface area contributed by atoms with Gasteiger partial charge < -0.3 is 14.5 Å². The molecule has 1 saturated heterocycles. The maximum absolute atomic E-state index is 12.9. The molecular formula is C18H26N2O3. The van der Waals surface area contributed by atoms with Gasteiger partial charge in [-0.2, -0.15) is 0 Å². The highest BCUT2D eigenvalue weighted by atomic mass is 16.5. The van der Waals surface area contributed by atoms with Gasteiger partial charge >= 0.3 is 0 Å². The predicted molar refractivity (Wildman–Crippen MR) is 89.2 cm³/mol. The third-order valence-electron chi connectivity index (χ3n) is 4.71. The van der Waals surface area contributed by atoms with Crippen molar-refractivity contribution in [2.24, 2.45) is 5.92 Å². The summed E-state index contributed by atoms with van der Waals surface area (Å²) in [5, 5.41) is 0. The first-order valence-electron chi connectivity index (χ1n) is 8.21. The molecular weight excluding hydrogens is 292 g/mol. The minimum absolute atomic E-state index is 0.0921. The van der Waals surface area contributed by atoms with E-state index >= 15 is 0 Å². The van der Waals surface area contributed by atoms with Crippen LogP contribution in [0.3, 0.4) is 0 Å². The van der Waals surface area contributed by atoms with Gasteiger partial charge in [0.05, 0.1) is 19.1 Å². The quantitative estimate of drug-likeness (QED) is 0.838. The Balaban J connectivity index is 2.34. The normalized spacial score (nSPS) is 21.2. The highest BCUT2D eigenvalue weighted by Gasteiger charge is 2.40. The highest BCUT2D eigenvalue weighted by molar-refractivity contribution is 5.85. The van der Waals surface area contributed by atoms with Crippen molar-refractivity contribution in [2.45, 2.75) is 32.7 Å². The molecule has 5 nitrogen and oxygen atoms in total. The van der Waals surface area contributed by atoms with Crippen LogP contribution < -0.4 is 4.74 Å². The molecule has 1 aromatic carbocycles. The fourth-order valence-corrected chi connectivity index (χ4v) is 3.32. The first-order chi connectivity index (χ1) is 11.0. The van der Waals surface area contributed by atoms with Crippen molar-refractivity contribution in [3.05, 3.63) is 29.8 Å². The van der Waals surface area contributed by atoms with E-state index in [4.69, 9.17) is 4.74 Å². The standard InChI is InChI=1S/C18H26N2O3/c1-5-20(6-2)18(22)15-11-12-16(21)19(3)17(15)13-7-9-14(23-4)10-8-13/h7-10,15,17H,5-6,11-12H2,1-4H3/t15-,17+/m1/s1. The number of methoxy groups -OCH3 is 1. The second-order valence-electron chi connectivity index (χ2n) is 5.88. The van der Waals surface area contributed by atoms with Crippen molar-refractivity contribution in [3.8, 4) is 5.75 Å². The van der Waals surface area contributed by atoms with Gasteiger partial charge in [0, 0.05) is 26.6 Å². The molecule has 2 atom stereocenters. The van der Waals surface area contributed by atoms with Crippen LogP contribution in [0.4, 0.5) is 0 Å². The van der Waals surface area contributed by atoms with Crippen LogP contribution in [-0.2, 0) is 9.59 Å². The van der Waals surface area contributed by atoms with Crippen LogP contribution in [0, 0.1) is 5.92 Å². The lowest BCUT2D eigenvalue weighted by atomic mass is 9.83. The zero-order chi connectivity index (χ0) is 17.0. The van der Waals surface area contributed by atoms with Gasteiger partial charge in [-0.1, -0.05) is 12.1 Å². The van der Waals surface area contributed by atoms with Crippen molar-refractivity contribution in [3.63, 3.8) is 0 Å². The Hall–Kier alpha value is -2.04. The lowest BCUT2D eigenvalue weighted by molar-refractivity contribution is -0.146. The number of amides is 2. The molecule has 2 amide bonds. The van der Waals surface area contributed by atoms with Crippen LogP contribution in [-0.4, -0.2) is 48.9 Å². The third-order valence-corrected chi connectivity index (χ3v) is 4.71. The van der Waals surface area contributed by atoms with Crippen LogP contribution in [0.5, 0.6) is 5.75 Å². The van der Waals surface area contributed by atoms with Crippen LogP contribution in [0.25, 0.3) is 0 Å². The molecule has 0 N–H and O–H groups in total.